The first kappa shape index (κ1) is 24.5. The standard InChI is InChI=1S/C19H21N3O3S.C2HF3O2/c1-26(24,25)22-14-19(16-4-2-3-5-17(16)22)8-12-21(13-9-19)18(23)15-6-10-20-11-7-15;3-2(4,5)1(6)7/h2-7,10-11H,8-9,12-14H2,1H3;(H,6,7). The maximum absolute atomic E-state index is 12.7. The van der Waals surface area contributed by atoms with Crippen molar-refractivity contribution in [2.75, 3.05) is 30.2 Å². The van der Waals surface area contributed by atoms with E-state index in [4.69, 9.17) is 9.90 Å². The predicted molar refractivity (Wildman–Crippen MR) is 113 cm³/mol. The molecule has 2 aliphatic rings. The highest BCUT2D eigenvalue weighted by atomic mass is 32.2. The molecular formula is C21H22F3N3O5S. The molecule has 2 aromatic rings. The van der Waals surface area contributed by atoms with Gasteiger partial charge in [-0.15, -0.1) is 0 Å². The number of para-hydroxylation sites is 1. The van der Waals surface area contributed by atoms with E-state index in [-0.39, 0.29) is 11.3 Å². The summed E-state index contributed by atoms with van der Waals surface area (Å²) in [5.74, 6) is -2.75. The van der Waals surface area contributed by atoms with Crippen LogP contribution in [-0.4, -0.2) is 67.4 Å². The number of alkyl halides is 3. The third-order valence-electron chi connectivity index (χ3n) is 5.77. The second-order valence-corrected chi connectivity index (χ2v) is 9.80. The first-order chi connectivity index (χ1) is 15.3. The number of fused-ring (bicyclic) bond motifs is 2. The number of nitrogens with zero attached hydrogens (tertiary/aromatic N) is 3. The Morgan fingerprint density at radius 3 is 2.12 bits per heavy atom. The van der Waals surface area contributed by atoms with E-state index in [0.29, 0.717) is 25.2 Å². The first-order valence-corrected chi connectivity index (χ1v) is 11.8. The smallest absolute Gasteiger partial charge is 0.475 e. The number of rotatable bonds is 2. The van der Waals surface area contributed by atoms with Gasteiger partial charge in [0.2, 0.25) is 10.0 Å². The Bertz CT molecular complexity index is 1130. The lowest BCUT2D eigenvalue weighted by Crippen LogP contribution is -2.47. The molecule has 1 saturated heterocycles. The van der Waals surface area contributed by atoms with Crippen LogP contribution in [0.3, 0.4) is 0 Å². The summed E-state index contributed by atoms with van der Waals surface area (Å²) in [7, 11) is -3.32. The summed E-state index contributed by atoms with van der Waals surface area (Å²) in [6.07, 6.45) is 0.927. The molecule has 0 unspecified atom stereocenters. The molecular weight excluding hydrogens is 463 g/mol. The summed E-state index contributed by atoms with van der Waals surface area (Å²) in [6.45, 7) is 1.70. The number of carbonyl (C=O) groups is 2. The van der Waals surface area contributed by atoms with E-state index in [1.807, 2.05) is 29.2 Å². The van der Waals surface area contributed by atoms with Crippen LogP contribution in [0.15, 0.2) is 48.8 Å². The van der Waals surface area contributed by atoms with Gasteiger partial charge >= 0.3 is 12.1 Å². The zero-order valence-electron chi connectivity index (χ0n) is 17.6. The molecule has 12 heteroatoms. The Kier molecular flexibility index (Phi) is 6.68. The van der Waals surface area contributed by atoms with Crippen LogP contribution in [0.5, 0.6) is 0 Å². The molecule has 1 N–H and O–H groups in total. The van der Waals surface area contributed by atoms with Crippen molar-refractivity contribution in [2.24, 2.45) is 0 Å². The summed E-state index contributed by atoms with van der Waals surface area (Å²) >= 11 is 0. The number of carboxylic acids is 1. The molecule has 0 aliphatic carbocycles. The maximum atomic E-state index is 12.7. The van der Waals surface area contributed by atoms with Crippen molar-refractivity contribution >= 4 is 27.6 Å². The fourth-order valence-electron chi connectivity index (χ4n) is 4.12. The van der Waals surface area contributed by atoms with Gasteiger partial charge in [0, 0.05) is 43.0 Å². The van der Waals surface area contributed by atoms with Gasteiger partial charge in [-0.05, 0) is 36.6 Å². The molecule has 1 fully saturated rings. The summed E-state index contributed by atoms with van der Waals surface area (Å²) in [5.41, 5.74) is 2.29. The number of sulfonamides is 1. The van der Waals surface area contributed by atoms with Crippen LogP contribution in [0, 0.1) is 0 Å². The average molecular weight is 485 g/mol. The van der Waals surface area contributed by atoms with Crippen molar-refractivity contribution in [1.29, 1.82) is 0 Å². The van der Waals surface area contributed by atoms with Gasteiger partial charge in [-0.2, -0.15) is 13.2 Å². The predicted octanol–water partition coefficient (Wildman–Crippen LogP) is 2.67. The molecule has 3 heterocycles. The van der Waals surface area contributed by atoms with Crippen LogP contribution in [-0.2, 0) is 20.2 Å². The number of halogens is 3. The van der Waals surface area contributed by atoms with E-state index in [2.05, 4.69) is 4.98 Å². The number of hydrogen-bond donors (Lipinski definition) is 1. The second kappa shape index (κ2) is 9.00. The normalized spacial score (nSPS) is 17.2. The number of pyridine rings is 1. The number of benzene rings is 1. The number of carbonyl (C=O) groups excluding carboxylic acids is 1. The second-order valence-electron chi connectivity index (χ2n) is 7.90. The zero-order chi connectivity index (χ0) is 24.4. The number of carboxylic acid groups (broad SMARTS) is 1. The lowest BCUT2D eigenvalue weighted by atomic mass is 9.74. The summed E-state index contributed by atoms with van der Waals surface area (Å²) in [6, 6.07) is 11.2. The van der Waals surface area contributed by atoms with E-state index in [1.165, 1.54) is 10.6 Å². The van der Waals surface area contributed by atoms with E-state index in [1.54, 1.807) is 24.5 Å². The zero-order valence-corrected chi connectivity index (χ0v) is 18.4. The van der Waals surface area contributed by atoms with Gasteiger partial charge < -0.3 is 10.0 Å². The minimum atomic E-state index is -5.08. The minimum Gasteiger partial charge on any atom is -0.475 e. The van der Waals surface area contributed by atoms with Crippen molar-refractivity contribution in [1.82, 2.24) is 9.88 Å². The number of aromatic nitrogens is 1. The Balaban J connectivity index is 0.000000383. The van der Waals surface area contributed by atoms with Gasteiger partial charge in [0.25, 0.3) is 5.91 Å². The number of piperidine rings is 1. The first-order valence-electron chi connectivity index (χ1n) is 9.92. The lowest BCUT2D eigenvalue weighted by molar-refractivity contribution is -0.192. The van der Waals surface area contributed by atoms with Crippen LogP contribution < -0.4 is 4.31 Å². The molecule has 1 spiro atoms. The van der Waals surface area contributed by atoms with Gasteiger partial charge in [0.05, 0.1) is 11.9 Å². The van der Waals surface area contributed by atoms with Crippen molar-refractivity contribution in [3.05, 3.63) is 59.9 Å². The van der Waals surface area contributed by atoms with E-state index >= 15 is 0 Å². The molecule has 1 aromatic carbocycles. The van der Waals surface area contributed by atoms with Crippen LogP contribution in [0.4, 0.5) is 18.9 Å². The topological polar surface area (TPSA) is 108 Å². The molecule has 0 saturated carbocycles. The molecule has 0 bridgehead atoms. The molecule has 0 radical (unpaired) electrons. The number of amides is 1. The van der Waals surface area contributed by atoms with Gasteiger partial charge in [0.1, 0.15) is 0 Å². The van der Waals surface area contributed by atoms with E-state index < -0.39 is 22.2 Å². The van der Waals surface area contributed by atoms with Gasteiger partial charge in [0.15, 0.2) is 0 Å². The highest BCUT2D eigenvalue weighted by Crippen LogP contribution is 2.47. The molecule has 1 aromatic heterocycles. The highest BCUT2D eigenvalue weighted by molar-refractivity contribution is 7.92. The van der Waals surface area contributed by atoms with Crippen molar-refractivity contribution in [3.8, 4) is 0 Å². The number of anilines is 1. The molecule has 33 heavy (non-hydrogen) atoms. The Morgan fingerprint density at radius 1 is 1.06 bits per heavy atom. The molecule has 4 rings (SSSR count). The quantitative estimate of drug-likeness (QED) is 0.701. The minimum absolute atomic E-state index is 0.00787. The SMILES string of the molecule is CS(=O)(=O)N1CC2(CCN(C(=O)c3ccncc3)CC2)c2ccccc21.O=C(O)C(F)(F)F. The maximum Gasteiger partial charge on any atom is 0.490 e. The third-order valence-corrected chi connectivity index (χ3v) is 6.89. The van der Waals surface area contributed by atoms with Gasteiger partial charge in [-0.3, -0.25) is 14.1 Å². The van der Waals surface area contributed by atoms with Gasteiger partial charge in [-0.1, -0.05) is 18.2 Å². The Labute approximate surface area is 188 Å². The number of hydrogen-bond acceptors (Lipinski definition) is 5. The third kappa shape index (κ3) is 5.27. The summed E-state index contributed by atoms with van der Waals surface area (Å²) in [4.78, 5) is 27.4. The fourth-order valence-corrected chi connectivity index (χ4v) is 5.12. The lowest BCUT2D eigenvalue weighted by Gasteiger charge is -2.39. The summed E-state index contributed by atoms with van der Waals surface area (Å²) < 4.78 is 57.7. The average Bonchev–Trinajstić information content (AvgIpc) is 3.09. The molecule has 1 amide bonds. The van der Waals surface area contributed by atoms with Crippen LogP contribution in [0.1, 0.15) is 28.8 Å². The highest BCUT2D eigenvalue weighted by Gasteiger charge is 2.47. The Morgan fingerprint density at radius 2 is 1.61 bits per heavy atom. The molecule has 8 nitrogen and oxygen atoms in total. The monoisotopic (exact) mass is 485 g/mol. The Hall–Kier alpha value is -3.15. The largest absolute Gasteiger partial charge is 0.490 e. The summed E-state index contributed by atoms with van der Waals surface area (Å²) in [5, 5.41) is 7.12. The number of likely N-dealkylation sites (tertiary alicyclic amines) is 1. The van der Waals surface area contributed by atoms with Crippen LogP contribution in [0.25, 0.3) is 0 Å². The van der Waals surface area contributed by atoms with Crippen LogP contribution >= 0.6 is 0 Å². The van der Waals surface area contributed by atoms with E-state index in [9.17, 15) is 26.4 Å². The van der Waals surface area contributed by atoms with Crippen LogP contribution in [0.2, 0.25) is 0 Å². The van der Waals surface area contributed by atoms with E-state index in [0.717, 1.165) is 24.1 Å². The van der Waals surface area contributed by atoms with Gasteiger partial charge in [-0.25, -0.2) is 13.2 Å². The fraction of sp³-hybridized carbons (Fsp3) is 0.381. The van der Waals surface area contributed by atoms with Crippen molar-refractivity contribution in [2.45, 2.75) is 24.4 Å². The van der Waals surface area contributed by atoms with Crippen molar-refractivity contribution in [3.63, 3.8) is 0 Å². The molecule has 0 atom stereocenters. The molecule has 178 valence electrons. The molecule has 2 aliphatic heterocycles. The number of aliphatic carboxylic acids is 1. The van der Waals surface area contributed by atoms with Crippen molar-refractivity contribution < 1.29 is 36.3 Å².